The average Bonchev–Trinajstić information content (AvgIpc) is 2.16. The summed E-state index contributed by atoms with van der Waals surface area (Å²) >= 11 is 5.07. The zero-order valence-corrected chi connectivity index (χ0v) is 11.5. The van der Waals surface area contributed by atoms with Crippen LogP contribution in [0.4, 0.5) is 5.69 Å². The van der Waals surface area contributed by atoms with E-state index in [1.165, 1.54) is 13.0 Å². The van der Waals surface area contributed by atoms with Crippen molar-refractivity contribution in [2.24, 2.45) is 0 Å². The van der Waals surface area contributed by atoms with Crippen LogP contribution in [0.2, 0.25) is 0 Å². The summed E-state index contributed by atoms with van der Waals surface area (Å²) in [5.74, 6) is -0.0782. The number of Topliss-reactive ketones (excluding diaryl/α,β-unsaturated/α-hetero) is 1. The zero-order chi connectivity index (χ0) is 11.6. The van der Waals surface area contributed by atoms with Gasteiger partial charge in [-0.3, -0.25) is 14.9 Å². The highest BCUT2D eigenvalue weighted by Gasteiger charge is 2.18. The molecular formula is C9H7BrINO3. The van der Waals surface area contributed by atoms with Gasteiger partial charge in [0.25, 0.3) is 5.69 Å². The van der Waals surface area contributed by atoms with Gasteiger partial charge < -0.3 is 0 Å². The predicted molar refractivity (Wildman–Crippen MR) is 68.2 cm³/mol. The lowest BCUT2D eigenvalue weighted by molar-refractivity contribution is -0.385. The van der Waals surface area contributed by atoms with Crippen LogP contribution in [-0.4, -0.2) is 10.7 Å². The molecule has 6 heteroatoms. The first-order valence-corrected chi connectivity index (χ1v) is 6.01. The van der Waals surface area contributed by atoms with E-state index in [-0.39, 0.29) is 11.5 Å². The number of nitro groups is 1. The first-order chi connectivity index (χ1) is 6.93. The quantitative estimate of drug-likeness (QED) is 0.348. The van der Waals surface area contributed by atoms with E-state index in [0.29, 0.717) is 9.13 Å². The van der Waals surface area contributed by atoms with Crippen LogP contribution >= 0.6 is 38.5 Å². The third-order valence-corrected chi connectivity index (χ3v) is 3.90. The van der Waals surface area contributed by atoms with Gasteiger partial charge in [-0.25, -0.2) is 0 Å². The Bertz CT molecular complexity index is 422. The highest BCUT2D eigenvalue weighted by molar-refractivity contribution is 14.1. The van der Waals surface area contributed by atoms with E-state index in [1.807, 2.05) is 22.6 Å². The lowest BCUT2D eigenvalue weighted by Crippen LogP contribution is -2.02. The number of nitrogens with zero attached hydrogens (tertiary/aromatic N) is 1. The fourth-order valence-corrected chi connectivity index (χ4v) is 1.88. The van der Waals surface area contributed by atoms with Crippen molar-refractivity contribution >= 4 is 50.0 Å². The lowest BCUT2D eigenvalue weighted by atomic mass is 10.1. The second kappa shape index (κ2) is 5.02. The van der Waals surface area contributed by atoms with E-state index in [1.54, 1.807) is 12.1 Å². The number of halogens is 2. The summed E-state index contributed by atoms with van der Waals surface area (Å²) in [5, 5.41) is 10.7. The van der Waals surface area contributed by atoms with Crippen LogP contribution in [0.3, 0.4) is 0 Å². The van der Waals surface area contributed by atoms with Gasteiger partial charge in [-0.05, 0) is 41.1 Å². The van der Waals surface area contributed by atoms with E-state index >= 15 is 0 Å². The summed E-state index contributed by atoms with van der Waals surface area (Å²) in [6.45, 7) is 1.43. The lowest BCUT2D eigenvalue weighted by Gasteiger charge is -2.06. The van der Waals surface area contributed by atoms with Crippen LogP contribution in [0.25, 0.3) is 0 Å². The number of nitro benzene ring substituents is 1. The van der Waals surface area contributed by atoms with Gasteiger partial charge in [0.05, 0.1) is 13.3 Å². The molecule has 0 aliphatic heterocycles. The molecule has 15 heavy (non-hydrogen) atoms. The Kier molecular flexibility index (Phi) is 4.21. The van der Waals surface area contributed by atoms with Crippen LogP contribution in [0.15, 0.2) is 18.2 Å². The Balaban J connectivity index is 3.18. The smallest absolute Gasteiger partial charge is 0.282 e. The molecule has 1 aromatic carbocycles. The van der Waals surface area contributed by atoms with Crippen LogP contribution in [0.1, 0.15) is 17.3 Å². The number of hydrogen-bond donors (Lipinski definition) is 0. The van der Waals surface area contributed by atoms with E-state index in [0.717, 1.165) is 0 Å². The van der Waals surface area contributed by atoms with Crippen molar-refractivity contribution in [3.05, 3.63) is 37.4 Å². The Morgan fingerprint density at radius 1 is 1.60 bits per heavy atom. The van der Waals surface area contributed by atoms with Crippen LogP contribution in [0, 0.1) is 13.7 Å². The van der Waals surface area contributed by atoms with Gasteiger partial charge in [0, 0.05) is 6.07 Å². The molecule has 0 aliphatic rings. The summed E-state index contributed by atoms with van der Waals surface area (Å²) in [6, 6.07) is 4.75. The fourth-order valence-electron chi connectivity index (χ4n) is 1.06. The molecule has 0 aromatic heterocycles. The Labute approximate surface area is 108 Å². The molecule has 0 saturated carbocycles. The molecule has 0 amide bonds. The molecule has 0 heterocycles. The highest BCUT2D eigenvalue weighted by Crippen LogP contribution is 2.29. The van der Waals surface area contributed by atoms with Gasteiger partial charge in [-0.2, -0.15) is 0 Å². The van der Waals surface area contributed by atoms with Crippen LogP contribution in [-0.2, 0) is 4.79 Å². The molecule has 80 valence electrons. The Morgan fingerprint density at radius 3 is 2.67 bits per heavy atom. The van der Waals surface area contributed by atoms with Crippen molar-refractivity contribution in [2.45, 2.75) is 11.8 Å². The minimum absolute atomic E-state index is 0.0267. The van der Waals surface area contributed by atoms with Gasteiger partial charge >= 0.3 is 0 Å². The molecule has 0 aliphatic carbocycles. The van der Waals surface area contributed by atoms with Crippen molar-refractivity contribution in [3.8, 4) is 0 Å². The number of alkyl halides is 1. The zero-order valence-electron chi connectivity index (χ0n) is 7.74. The molecule has 0 saturated heterocycles. The fraction of sp³-hybridized carbons (Fsp3) is 0.222. The molecule has 1 rings (SSSR count). The average molecular weight is 384 g/mol. The third kappa shape index (κ3) is 2.97. The largest absolute Gasteiger partial charge is 0.298 e. The molecular weight excluding hydrogens is 377 g/mol. The van der Waals surface area contributed by atoms with Gasteiger partial charge in [0.2, 0.25) is 0 Å². The highest BCUT2D eigenvalue weighted by atomic mass is 127. The van der Waals surface area contributed by atoms with E-state index in [9.17, 15) is 14.9 Å². The molecule has 0 spiro atoms. The number of rotatable bonds is 3. The summed E-state index contributed by atoms with van der Waals surface area (Å²) in [5.41, 5.74) is 0.633. The number of carbonyl (C=O) groups excluding carboxylic acids is 1. The van der Waals surface area contributed by atoms with Crippen molar-refractivity contribution in [1.29, 1.82) is 0 Å². The van der Waals surface area contributed by atoms with Crippen molar-refractivity contribution in [1.82, 2.24) is 0 Å². The van der Waals surface area contributed by atoms with Crippen molar-refractivity contribution in [2.75, 3.05) is 0 Å². The summed E-state index contributed by atoms with van der Waals surface area (Å²) in [7, 11) is 0. The molecule has 0 N–H and O–H groups in total. The third-order valence-electron chi connectivity index (χ3n) is 1.82. The maximum absolute atomic E-state index is 11.1. The Morgan fingerprint density at radius 2 is 2.20 bits per heavy atom. The van der Waals surface area contributed by atoms with Crippen molar-refractivity contribution < 1.29 is 9.72 Å². The summed E-state index contributed by atoms with van der Waals surface area (Å²) < 4.78 is 0.560. The predicted octanol–water partition coefficient (Wildman–Crippen LogP) is 3.22. The minimum Gasteiger partial charge on any atom is -0.298 e. The van der Waals surface area contributed by atoms with Crippen LogP contribution < -0.4 is 0 Å². The maximum atomic E-state index is 11.1. The second-order valence-electron chi connectivity index (χ2n) is 2.94. The van der Waals surface area contributed by atoms with Crippen molar-refractivity contribution in [3.63, 3.8) is 0 Å². The first kappa shape index (κ1) is 12.6. The number of hydrogen-bond acceptors (Lipinski definition) is 3. The molecule has 0 bridgehead atoms. The van der Waals surface area contributed by atoms with E-state index in [2.05, 4.69) is 15.9 Å². The molecule has 0 radical (unpaired) electrons. The summed E-state index contributed by atoms with van der Waals surface area (Å²) in [4.78, 5) is 20.8. The van der Waals surface area contributed by atoms with Gasteiger partial charge in [0.1, 0.15) is 5.78 Å². The SMILES string of the molecule is CC(=O)C(Br)c1ccc(I)c([N+](=O)[O-])c1. The standard InChI is InChI=1S/C9H7BrINO3/c1-5(13)9(10)6-2-3-7(11)8(4-6)12(14)15/h2-4,9H,1H3. The molecule has 4 nitrogen and oxygen atoms in total. The van der Waals surface area contributed by atoms with Crippen LogP contribution in [0.5, 0.6) is 0 Å². The Hall–Kier alpha value is -0.500. The van der Waals surface area contributed by atoms with Gasteiger partial charge in [0.15, 0.2) is 0 Å². The van der Waals surface area contributed by atoms with Gasteiger partial charge in [-0.15, -0.1) is 0 Å². The number of carbonyl (C=O) groups is 1. The van der Waals surface area contributed by atoms with Gasteiger partial charge in [-0.1, -0.05) is 22.0 Å². The second-order valence-corrected chi connectivity index (χ2v) is 5.02. The molecule has 1 atom stereocenters. The monoisotopic (exact) mass is 383 g/mol. The molecule has 1 aromatic rings. The number of ketones is 1. The normalized spacial score (nSPS) is 12.2. The number of benzene rings is 1. The molecule has 1 unspecified atom stereocenters. The first-order valence-electron chi connectivity index (χ1n) is 4.02. The summed E-state index contributed by atoms with van der Waals surface area (Å²) in [6.07, 6.45) is 0. The van der Waals surface area contributed by atoms with E-state index in [4.69, 9.17) is 0 Å². The topological polar surface area (TPSA) is 60.2 Å². The minimum atomic E-state index is -0.479. The maximum Gasteiger partial charge on any atom is 0.282 e. The van der Waals surface area contributed by atoms with E-state index < -0.39 is 9.75 Å². The molecule has 0 fully saturated rings.